The molecular formula is C45H58N2O6. The molecule has 0 radical (unpaired) electrons. The van der Waals surface area contributed by atoms with Crippen LogP contribution >= 0.6 is 0 Å². The van der Waals surface area contributed by atoms with Gasteiger partial charge in [-0.2, -0.15) is 0 Å². The van der Waals surface area contributed by atoms with Gasteiger partial charge >= 0.3 is 17.9 Å². The van der Waals surface area contributed by atoms with Crippen LogP contribution in [0.1, 0.15) is 114 Å². The summed E-state index contributed by atoms with van der Waals surface area (Å²) in [7, 11) is 1.47. The number of fused-ring (bicyclic) bond motifs is 3. The Bertz CT molecular complexity index is 1790. The molecule has 15 rings (SSSR count). The van der Waals surface area contributed by atoms with E-state index in [9.17, 15) is 14.4 Å². The molecular weight excluding hydrogens is 665 g/mol. The van der Waals surface area contributed by atoms with Gasteiger partial charge in [0, 0.05) is 42.7 Å². The summed E-state index contributed by atoms with van der Waals surface area (Å²) in [6.45, 7) is 9.73. The molecule has 4 saturated carbocycles. The number of anilines is 2. The van der Waals surface area contributed by atoms with Crippen molar-refractivity contribution in [1.82, 2.24) is 0 Å². The number of carbonyl (C=O) groups excluding carboxylic acids is 3. The van der Waals surface area contributed by atoms with Crippen LogP contribution in [0.2, 0.25) is 0 Å². The van der Waals surface area contributed by atoms with E-state index in [1.54, 1.807) is 0 Å². The lowest BCUT2D eigenvalue weighted by molar-refractivity contribution is -0.199. The number of hydrogen-bond acceptors (Lipinski definition) is 8. The molecule has 4 fully saturated rings. The van der Waals surface area contributed by atoms with Gasteiger partial charge in [-0.1, -0.05) is 45.0 Å². The van der Waals surface area contributed by atoms with Gasteiger partial charge < -0.3 is 24.0 Å². The number of nitrogens with zero attached hydrogens (tertiary/aromatic N) is 2. The zero-order chi connectivity index (χ0) is 36.6. The molecule has 8 nitrogen and oxygen atoms in total. The van der Waals surface area contributed by atoms with Gasteiger partial charge in [0.1, 0.15) is 12.2 Å². The molecule has 13 aliphatic rings. The highest BCUT2D eigenvalue weighted by molar-refractivity contribution is 5.75. The predicted molar refractivity (Wildman–Crippen MR) is 203 cm³/mol. The van der Waals surface area contributed by atoms with Crippen LogP contribution in [0.5, 0.6) is 0 Å². The Morgan fingerprint density at radius 1 is 0.868 bits per heavy atom. The lowest BCUT2D eigenvalue weighted by Gasteiger charge is -2.62. The number of aryl methyl sites for hydroxylation is 1. The minimum atomic E-state index is -0.169. The number of rotatable bonds is 4. The molecule has 9 aliphatic heterocycles. The van der Waals surface area contributed by atoms with Crippen molar-refractivity contribution in [2.24, 2.45) is 46.3 Å². The maximum atomic E-state index is 14.2. The van der Waals surface area contributed by atoms with Crippen LogP contribution in [0.4, 0.5) is 11.4 Å². The summed E-state index contributed by atoms with van der Waals surface area (Å²) in [5, 5.41) is 0. The largest absolute Gasteiger partial charge is 0.469 e. The molecule has 0 unspecified atom stereocenters. The molecule has 8 heteroatoms. The molecule has 284 valence electrons. The first-order valence-corrected chi connectivity index (χ1v) is 20.7. The highest BCUT2D eigenvalue weighted by Crippen LogP contribution is 2.69. The van der Waals surface area contributed by atoms with E-state index in [4.69, 9.17) is 14.2 Å². The normalized spacial score (nSPS) is 36.4. The van der Waals surface area contributed by atoms with Crippen molar-refractivity contribution in [3.8, 4) is 0 Å². The molecule has 10 atom stereocenters. The second-order valence-electron chi connectivity index (χ2n) is 18.5. The van der Waals surface area contributed by atoms with Crippen molar-refractivity contribution in [2.75, 3.05) is 23.6 Å². The van der Waals surface area contributed by atoms with Crippen molar-refractivity contribution in [3.05, 3.63) is 58.7 Å². The van der Waals surface area contributed by atoms with Gasteiger partial charge in [0.05, 0.1) is 20.2 Å². The first-order chi connectivity index (χ1) is 25.5. The molecule has 0 amide bonds. The van der Waals surface area contributed by atoms with Crippen LogP contribution in [-0.4, -0.2) is 43.9 Å². The summed E-state index contributed by atoms with van der Waals surface area (Å²) in [6, 6.07) is 13.3. The Morgan fingerprint density at radius 2 is 1.60 bits per heavy atom. The molecule has 0 spiro atoms. The van der Waals surface area contributed by atoms with Gasteiger partial charge in [-0.3, -0.25) is 14.4 Å². The molecule has 4 aliphatic carbocycles. The molecule has 9 heterocycles. The van der Waals surface area contributed by atoms with E-state index in [0.717, 1.165) is 70.3 Å². The van der Waals surface area contributed by atoms with Gasteiger partial charge in [0.25, 0.3) is 0 Å². The Kier molecular flexibility index (Phi) is 8.85. The summed E-state index contributed by atoms with van der Waals surface area (Å²) >= 11 is 0. The van der Waals surface area contributed by atoms with Gasteiger partial charge in [-0.25, -0.2) is 0 Å². The molecule has 13 bridgehead atoms. The smallest absolute Gasteiger partial charge is 0.310 e. The van der Waals surface area contributed by atoms with Crippen LogP contribution in [0.3, 0.4) is 0 Å². The number of methoxy groups -OCH3 is 1. The van der Waals surface area contributed by atoms with E-state index in [-0.39, 0.29) is 47.4 Å². The number of esters is 3. The lowest BCUT2D eigenvalue weighted by atomic mass is 9.43. The molecule has 53 heavy (non-hydrogen) atoms. The second kappa shape index (κ2) is 13.3. The zero-order valence-corrected chi connectivity index (χ0v) is 32.2. The minimum Gasteiger partial charge on any atom is -0.469 e. The average Bonchev–Trinajstić information content (AvgIpc) is 3.51. The van der Waals surface area contributed by atoms with Gasteiger partial charge in [0.15, 0.2) is 0 Å². The highest BCUT2D eigenvalue weighted by Gasteiger charge is 2.65. The van der Waals surface area contributed by atoms with Crippen molar-refractivity contribution in [2.45, 2.75) is 130 Å². The van der Waals surface area contributed by atoms with Gasteiger partial charge in [-0.05, 0) is 140 Å². The van der Waals surface area contributed by atoms with Crippen molar-refractivity contribution in [1.29, 1.82) is 0 Å². The fourth-order valence-corrected chi connectivity index (χ4v) is 13.4. The molecule has 0 aromatic heterocycles. The fourth-order valence-electron chi connectivity index (χ4n) is 13.4. The Balaban J connectivity index is 1.05. The van der Waals surface area contributed by atoms with Gasteiger partial charge in [-0.15, -0.1) is 0 Å². The fraction of sp³-hybridized carbons (Fsp3) is 0.667. The van der Waals surface area contributed by atoms with Crippen LogP contribution in [-0.2, 0) is 54.5 Å². The maximum absolute atomic E-state index is 14.2. The van der Waals surface area contributed by atoms with Gasteiger partial charge in [0.2, 0.25) is 0 Å². The van der Waals surface area contributed by atoms with E-state index in [1.807, 2.05) is 0 Å². The SMILES string of the molecule is COC(=O)CC[C@@H](C)[C@H]1CC[C@H]2[C@@H]3CC[C@@H]4C[C@H]5CC[C@]4(C)[C@H]3C[C@H](OC(=O)Cc3ccc4c(c3)CN3CN4Cc4cc(ccc43)CCC(=O)O5)[C@]12C. The van der Waals surface area contributed by atoms with E-state index in [0.29, 0.717) is 54.8 Å². The standard InChI is InChI=1S/C45H58N2O6/c1-27(5-15-41(48)51-4)35-11-12-36-34-10-9-32-22-33-17-18-44(32,2)37(34)23-40(45(35,36)3)53-43(50)21-29-7-14-39-31(20-29)25-47-26-46(39)24-30-19-28(6-13-38(30)47)8-16-42(49)52-33/h6-7,13-14,19-20,27,32-37,40H,5,8-12,15-18,21-26H2,1-4H3/t27-,32-,33-,34+,35-,36+,37+,40+,44+,45-/m1/s1. The third-order valence-corrected chi connectivity index (χ3v) is 16.1. The predicted octanol–water partition coefficient (Wildman–Crippen LogP) is 8.15. The molecule has 2 aromatic carbocycles. The number of carbonyl (C=O) groups is 3. The number of hydrogen-bond donors (Lipinski definition) is 0. The lowest BCUT2D eigenvalue weighted by Crippen LogP contribution is -2.59. The zero-order valence-electron chi connectivity index (χ0n) is 32.2. The quantitative estimate of drug-likeness (QED) is 0.231. The summed E-state index contributed by atoms with van der Waals surface area (Å²) in [5.41, 5.74) is 7.22. The third-order valence-electron chi connectivity index (χ3n) is 16.1. The van der Waals surface area contributed by atoms with Crippen LogP contribution in [0.15, 0.2) is 36.4 Å². The first-order valence-electron chi connectivity index (χ1n) is 20.7. The topological polar surface area (TPSA) is 85.4 Å². The Hall–Kier alpha value is -3.55. The third kappa shape index (κ3) is 5.96. The molecule has 0 saturated heterocycles. The number of ether oxygens (including phenoxy) is 3. The van der Waals surface area contributed by atoms with Crippen molar-refractivity contribution < 1.29 is 28.6 Å². The monoisotopic (exact) mass is 722 g/mol. The minimum absolute atomic E-state index is 0.0186. The van der Waals surface area contributed by atoms with E-state index >= 15 is 0 Å². The summed E-state index contributed by atoms with van der Waals surface area (Å²) in [5.74, 6) is 2.41. The van der Waals surface area contributed by atoms with E-state index in [2.05, 4.69) is 67.0 Å². The molecule has 2 aromatic rings. The average molecular weight is 723 g/mol. The van der Waals surface area contributed by atoms with E-state index in [1.165, 1.54) is 48.0 Å². The van der Waals surface area contributed by atoms with Crippen molar-refractivity contribution in [3.63, 3.8) is 0 Å². The Morgan fingerprint density at radius 3 is 2.36 bits per heavy atom. The maximum Gasteiger partial charge on any atom is 0.310 e. The second-order valence-corrected chi connectivity index (χ2v) is 18.5. The highest BCUT2D eigenvalue weighted by atomic mass is 16.5. The number of benzene rings is 2. The molecule has 0 N–H and O–H groups in total. The first kappa shape index (κ1) is 35.2. The summed E-state index contributed by atoms with van der Waals surface area (Å²) in [6.07, 6.45) is 10.8. The Labute approximate surface area is 315 Å². The van der Waals surface area contributed by atoms with Crippen LogP contribution in [0, 0.1) is 46.3 Å². The summed E-state index contributed by atoms with van der Waals surface area (Å²) in [4.78, 5) is 44.6. The van der Waals surface area contributed by atoms with Crippen molar-refractivity contribution >= 4 is 29.3 Å². The van der Waals surface area contributed by atoms with Crippen LogP contribution in [0.25, 0.3) is 0 Å². The van der Waals surface area contributed by atoms with Crippen LogP contribution < -0.4 is 9.80 Å². The summed E-state index contributed by atoms with van der Waals surface area (Å²) < 4.78 is 18.1. The van der Waals surface area contributed by atoms with E-state index < -0.39 is 0 Å².